The molecular formula is C16H18ClN3O. The molecule has 21 heavy (non-hydrogen) atoms. The third kappa shape index (κ3) is 4.20. The van der Waals surface area contributed by atoms with Gasteiger partial charge in [0.15, 0.2) is 0 Å². The number of aryl methyl sites for hydroxylation is 1. The quantitative estimate of drug-likeness (QED) is 0.873. The number of carbonyl (C=O) groups excluding carboxylic acids is 1. The van der Waals surface area contributed by atoms with Crippen molar-refractivity contribution in [1.29, 1.82) is 0 Å². The van der Waals surface area contributed by atoms with Crippen LogP contribution in [-0.4, -0.2) is 17.4 Å². The zero-order valence-corrected chi connectivity index (χ0v) is 12.9. The van der Waals surface area contributed by atoms with Crippen molar-refractivity contribution < 1.29 is 4.79 Å². The van der Waals surface area contributed by atoms with Crippen LogP contribution in [0.3, 0.4) is 0 Å². The van der Waals surface area contributed by atoms with Crippen LogP contribution in [0.4, 0.5) is 11.5 Å². The van der Waals surface area contributed by atoms with Gasteiger partial charge in [0.05, 0.1) is 0 Å². The Morgan fingerprint density at radius 1 is 1.29 bits per heavy atom. The van der Waals surface area contributed by atoms with Gasteiger partial charge in [-0.05, 0) is 43.2 Å². The Labute approximate surface area is 129 Å². The maximum absolute atomic E-state index is 12.2. The topological polar surface area (TPSA) is 54.0 Å². The first-order valence-corrected chi connectivity index (χ1v) is 7.26. The molecule has 0 radical (unpaired) electrons. The van der Waals surface area contributed by atoms with E-state index < -0.39 is 0 Å². The van der Waals surface area contributed by atoms with Crippen LogP contribution in [0.2, 0.25) is 5.02 Å². The second-order valence-electron chi connectivity index (χ2n) is 4.75. The molecule has 2 rings (SSSR count). The SMILES string of the molecule is CCCNc1cccc(C(=O)Nc2ccc(C)c(Cl)c2)n1. The van der Waals surface area contributed by atoms with Gasteiger partial charge >= 0.3 is 0 Å². The van der Waals surface area contributed by atoms with Crippen LogP contribution < -0.4 is 10.6 Å². The summed E-state index contributed by atoms with van der Waals surface area (Å²) in [6.45, 7) is 4.81. The number of halogens is 1. The summed E-state index contributed by atoms with van der Waals surface area (Å²) in [5.74, 6) is 0.446. The largest absolute Gasteiger partial charge is 0.370 e. The molecule has 0 unspecified atom stereocenters. The van der Waals surface area contributed by atoms with Gasteiger partial charge in [-0.1, -0.05) is 30.7 Å². The summed E-state index contributed by atoms with van der Waals surface area (Å²) in [7, 11) is 0. The molecule has 1 heterocycles. The average Bonchev–Trinajstić information content (AvgIpc) is 2.49. The predicted molar refractivity (Wildman–Crippen MR) is 87.2 cm³/mol. The van der Waals surface area contributed by atoms with E-state index in [1.165, 1.54) is 0 Å². The molecule has 0 saturated carbocycles. The summed E-state index contributed by atoms with van der Waals surface area (Å²) in [5.41, 5.74) is 2.00. The van der Waals surface area contributed by atoms with Crippen molar-refractivity contribution in [2.24, 2.45) is 0 Å². The summed E-state index contributed by atoms with van der Waals surface area (Å²) < 4.78 is 0. The first kappa shape index (κ1) is 15.3. The van der Waals surface area contributed by atoms with E-state index in [4.69, 9.17) is 11.6 Å². The zero-order chi connectivity index (χ0) is 15.2. The van der Waals surface area contributed by atoms with Crippen molar-refractivity contribution in [1.82, 2.24) is 4.98 Å². The van der Waals surface area contributed by atoms with Gasteiger partial charge < -0.3 is 10.6 Å². The standard InChI is InChI=1S/C16H18ClN3O/c1-3-9-18-15-6-4-5-14(20-15)16(21)19-12-8-7-11(2)13(17)10-12/h4-8,10H,3,9H2,1-2H3,(H,18,20)(H,19,21). The first-order valence-electron chi connectivity index (χ1n) is 6.88. The highest BCUT2D eigenvalue weighted by Crippen LogP contribution is 2.20. The fourth-order valence-electron chi connectivity index (χ4n) is 1.78. The van der Waals surface area contributed by atoms with E-state index in [0.29, 0.717) is 22.2 Å². The van der Waals surface area contributed by atoms with Gasteiger partial charge in [-0.25, -0.2) is 4.98 Å². The number of anilines is 2. The molecule has 4 nitrogen and oxygen atoms in total. The number of nitrogens with zero attached hydrogens (tertiary/aromatic N) is 1. The van der Waals surface area contributed by atoms with Crippen LogP contribution in [0, 0.1) is 6.92 Å². The monoisotopic (exact) mass is 303 g/mol. The molecule has 1 aromatic heterocycles. The fraction of sp³-hybridized carbons (Fsp3) is 0.250. The number of aromatic nitrogens is 1. The maximum atomic E-state index is 12.2. The van der Waals surface area contributed by atoms with E-state index in [9.17, 15) is 4.79 Å². The molecule has 1 aromatic carbocycles. The predicted octanol–water partition coefficient (Wildman–Crippen LogP) is 4.12. The number of rotatable bonds is 5. The van der Waals surface area contributed by atoms with Crippen LogP contribution >= 0.6 is 11.6 Å². The molecule has 0 aliphatic carbocycles. The maximum Gasteiger partial charge on any atom is 0.274 e. The van der Waals surface area contributed by atoms with E-state index in [2.05, 4.69) is 22.5 Å². The Kier molecular flexibility index (Phi) is 5.17. The molecule has 1 amide bonds. The van der Waals surface area contributed by atoms with E-state index >= 15 is 0 Å². The molecule has 2 aromatic rings. The van der Waals surface area contributed by atoms with Gasteiger partial charge in [-0.15, -0.1) is 0 Å². The summed E-state index contributed by atoms with van der Waals surface area (Å²) >= 11 is 6.05. The van der Waals surface area contributed by atoms with Crippen molar-refractivity contribution in [3.8, 4) is 0 Å². The van der Waals surface area contributed by atoms with E-state index in [0.717, 1.165) is 18.5 Å². The normalized spacial score (nSPS) is 10.2. The van der Waals surface area contributed by atoms with E-state index in [-0.39, 0.29) is 5.91 Å². The average molecular weight is 304 g/mol. The van der Waals surface area contributed by atoms with Crippen LogP contribution in [0.5, 0.6) is 0 Å². The van der Waals surface area contributed by atoms with Crippen molar-refractivity contribution in [2.45, 2.75) is 20.3 Å². The summed E-state index contributed by atoms with van der Waals surface area (Å²) in [6, 6.07) is 10.7. The van der Waals surface area contributed by atoms with Gasteiger partial charge in [0.1, 0.15) is 11.5 Å². The first-order chi connectivity index (χ1) is 10.1. The van der Waals surface area contributed by atoms with Crippen molar-refractivity contribution in [2.75, 3.05) is 17.2 Å². The molecule has 0 aliphatic heterocycles. The van der Waals surface area contributed by atoms with Gasteiger partial charge in [0.25, 0.3) is 5.91 Å². The summed E-state index contributed by atoms with van der Waals surface area (Å²) in [5, 5.41) is 6.58. The molecule has 0 saturated heterocycles. The molecule has 0 spiro atoms. The minimum Gasteiger partial charge on any atom is -0.370 e. The minimum absolute atomic E-state index is 0.255. The second kappa shape index (κ2) is 7.09. The van der Waals surface area contributed by atoms with Gasteiger partial charge in [0.2, 0.25) is 0 Å². The minimum atomic E-state index is -0.255. The zero-order valence-electron chi connectivity index (χ0n) is 12.1. The van der Waals surface area contributed by atoms with Gasteiger partial charge in [-0.2, -0.15) is 0 Å². The summed E-state index contributed by atoms with van der Waals surface area (Å²) in [4.78, 5) is 16.5. The van der Waals surface area contributed by atoms with E-state index in [1.54, 1.807) is 12.1 Å². The third-order valence-electron chi connectivity index (χ3n) is 2.97. The van der Waals surface area contributed by atoms with Crippen LogP contribution in [0.25, 0.3) is 0 Å². The lowest BCUT2D eigenvalue weighted by Gasteiger charge is -2.08. The number of carbonyl (C=O) groups is 1. The second-order valence-corrected chi connectivity index (χ2v) is 5.16. The van der Waals surface area contributed by atoms with Crippen LogP contribution in [0.1, 0.15) is 29.4 Å². The van der Waals surface area contributed by atoms with Gasteiger partial charge in [-0.3, -0.25) is 4.79 Å². The van der Waals surface area contributed by atoms with Crippen molar-refractivity contribution >= 4 is 29.0 Å². The highest BCUT2D eigenvalue weighted by molar-refractivity contribution is 6.31. The van der Waals surface area contributed by atoms with Crippen molar-refractivity contribution in [3.05, 3.63) is 52.7 Å². The number of hydrogen-bond acceptors (Lipinski definition) is 3. The number of amides is 1. The van der Waals surface area contributed by atoms with Crippen LogP contribution in [0.15, 0.2) is 36.4 Å². The Balaban J connectivity index is 2.10. The Bertz CT molecular complexity index is 643. The molecule has 0 bridgehead atoms. The Morgan fingerprint density at radius 3 is 2.81 bits per heavy atom. The molecular weight excluding hydrogens is 286 g/mol. The van der Waals surface area contributed by atoms with Crippen LogP contribution in [-0.2, 0) is 0 Å². The highest BCUT2D eigenvalue weighted by Gasteiger charge is 2.09. The Hall–Kier alpha value is -2.07. The molecule has 5 heteroatoms. The molecule has 110 valence electrons. The van der Waals surface area contributed by atoms with Crippen molar-refractivity contribution in [3.63, 3.8) is 0 Å². The Morgan fingerprint density at radius 2 is 2.10 bits per heavy atom. The smallest absolute Gasteiger partial charge is 0.274 e. The lowest BCUT2D eigenvalue weighted by Crippen LogP contribution is -2.14. The third-order valence-corrected chi connectivity index (χ3v) is 3.37. The molecule has 0 fully saturated rings. The van der Waals surface area contributed by atoms with E-state index in [1.807, 2.05) is 31.2 Å². The molecule has 2 N–H and O–H groups in total. The number of benzene rings is 1. The summed E-state index contributed by atoms with van der Waals surface area (Å²) in [6.07, 6.45) is 1.000. The van der Waals surface area contributed by atoms with Gasteiger partial charge in [0, 0.05) is 17.3 Å². The molecule has 0 atom stereocenters. The lowest BCUT2D eigenvalue weighted by atomic mass is 10.2. The number of hydrogen-bond donors (Lipinski definition) is 2. The molecule has 0 aliphatic rings. The number of nitrogens with one attached hydrogen (secondary N) is 2. The lowest BCUT2D eigenvalue weighted by molar-refractivity contribution is 0.102. The number of pyridine rings is 1. The fourth-order valence-corrected chi connectivity index (χ4v) is 1.96. The highest BCUT2D eigenvalue weighted by atomic mass is 35.5.